The van der Waals surface area contributed by atoms with Crippen LogP contribution >= 0.6 is 22.6 Å². The predicted molar refractivity (Wildman–Crippen MR) is 132 cm³/mol. The Balaban J connectivity index is 2.28. The molecular formula is C24H36IN3O2. The fourth-order valence-corrected chi connectivity index (χ4v) is 5.27. The van der Waals surface area contributed by atoms with E-state index in [1.807, 2.05) is 12.1 Å². The molecule has 1 aliphatic carbocycles. The van der Waals surface area contributed by atoms with Crippen LogP contribution in [-0.4, -0.2) is 16.3 Å². The molecule has 0 amide bonds. The van der Waals surface area contributed by atoms with Crippen molar-refractivity contribution in [1.29, 1.82) is 0 Å². The molecule has 0 unspecified atom stereocenters. The lowest BCUT2D eigenvalue weighted by Gasteiger charge is -2.38. The maximum Gasteiger partial charge on any atom is 0.123 e. The van der Waals surface area contributed by atoms with Gasteiger partial charge in [-0.25, -0.2) is 0 Å². The van der Waals surface area contributed by atoms with Crippen molar-refractivity contribution < 1.29 is 10.2 Å². The molecule has 6 heteroatoms. The molecule has 1 aliphatic rings. The van der Waals surface area contributed by atoms with Crippen LogP contribution in [0.15, 0.2) is 27.4 Å². The number of azide groups is 1. The molecule has 166 valence electrons. The van der Waals surface area contributed by atoms with Gasteiger partial charge in [0.05, 0.1) is 0 Å². The Bertz CT molecular complexity index is 762. The maximum absolute atomic E-state index is 11.0. The Morgan fingerprint density at radius 1 is 1.23 bits per heavy atom. The van der Waals surface area contributed by atoms with E-state index in [1.54, 1.807) is 0 Å². The predicted octanol–water partition coefficient (Wildman–Crippen LogP) is 8.10. The van der Waals surface area contributed by atoms with Crippen molar-refractivity contribution in [2.75, 3.05) is 0 Å². The Morgan fingerprint density at radius 3 is 2.47 bits per heavy atom. The fraction of sp³-hybridized carbons (Fsp3) is 0.667. The molecule has 2 rings (SSSR count). The van der Waals surface area contributed by atoms with Crippen LogP contribution in [0.1, 0.15) is 89.7 Å². The van der Waals surface area contributed by atoms with E-state index in [9.17, 15) is 10.2 Å². The zero-order valence-corrected chi connectivity index (χ0v) is 20.8. The lowest BCUT2D eigenvalue weighted by Crippen LogP contribution is -2.29. The van der Waals surface area contributed by atoms with Gasteiger partial charge in [-0.2, -0.15) is 0 Å². The summed E-state index contributed by atoms with van der Waals surface area (Å²) < 4.78 is 2.06. The Morgan fingerprint density at radius 2 is 1.90 bits per heavy atom. The zero-order valence-electron chi connectivity index (χ0n) is 18.7. The third-order valence-corrected chi connectivity index (χ3v) is 7.26. The number of hydrogen-bond acceptors (Lipinski definition) is 3. The molecule has 30 heavy (non-hydrogen) atoms. The van der Waals surface area contributed by atoms with E-state index >= 15 is 0 Å². The first kappa shape index (κ1) is 24.9. The first-order valence-corrected chi connectivity index (χ1v) is 12.3. The van der Waals surface area contributed by atoms with Crippen LogP contribution in [0.4, 0.5) is 0 Å². The van der Waals surface area contributed by atoms with Crippen LogP contribution < -0.4 is 0 Å². The maximum atomic E-state index is 11.0. The standard InChI is InChI=1S/C24H36IN3O2/c1-16(2)19-10-9-18(27-28-26)15-20(19)23-21(29)13-17(14-22(23)30)24(3,4)11-7-5-6-8-12-25/h8,12-14,16,18-20,29-30H,5-7,9-11,15H2,1-4H3/t18-,19+,20-/m1/s1. The SMILES string of the molecule is CC(C)[C@@H]1CC[C@@H](N=[N+]=[N-])C[C@H]1c1c(O)cc(C(C)(C)CCCCC=CI)cc1O. The molecule has 0 heterocycles. The van der Waals surface area contributed by atoms with Crippen LogP contribution in [0, 0.1) is 11.8 Å². The number of hydrogen-bond donors (Lipinski definition) is 2. The van der Waals surface area contributed by atoms with Crippen molar-refractivity contribution in [3.63, 3.8) is 0 Å². The van der Waals surface area contributed by atoms with E-state index in [0.29, 0.717) is 23.8 Å². The van der Waals surface area contributed by atoms with Gasteiger partial charge in [0.25, 0.3) is 0 Å². The van der Waals surface area contributed by atoms with Crippen molar-refractivity contribution in [2.24, 2.45) is 17.0 Å². The highest BCUT2D eigenvalue weighted by molar-refractivity contribution is 14.1. The highest BCUT2D eigenvalue weighted by Gasteiger charge is 2.36. The molecule has 1 fully saturated rings. The molecule has 2 N–H and O–H groups in total. The second kappa shape index (κ2) is 11.3. The highest BCUT2D eigenvalue weighted by atomic mass is 127. The van der Waals surface area contributed by atoms with Crippen molar-refractivity contribution in [3.05, 3.63) is 43.9 Å². The van der Waals surface area contributed by atoms with Gasteiger partial charge in [-0.3, -0.25) is 0 Å². The molecule has 0 spiro atoms. The molecule has 0 aromatic heterocycles. The summed E-state index contributed by atoms with van der Waals surface area (Å²) in [6, 6.07) is 3.60. The minimum Gasteiger partial charge on any atom is -0.508 e. The van der Waals surface area contributed by atoms with Crippen molar-refractivity contribution in [1.82, 2.24) is 0 Å². The minimum absolute atomic E-state index is 0.00789. The molecule has 5 nitrogen and oxygen atoms in total. The first-order chi connectivity index (χ1) is 14.2. The normalized spacial score (nSPS) is 22.4. The van der Waals surface area contributed by atoms with Gasteiger partial charge in [-0.05, 0) is 89.0 Å². The highest BCUT2D eigenvalue weighted by Crippen LogP contribution is 2.49. The van der Waals surface area contributed by atoms with Crippen LogP contribution in [0.2, 0.25) is 0 Å². The molecular weight excluding hydrogens is 489 g/mol. The number of benzene rings is 1. The number of halogens is 1. The van der Waals surface area contributed by atoms with Crippen molar-refractivity contribution >= 4 is 22.6 Å². The quantitative estimate of drug-likeness (QED) is 0.112. The summed E-state index contributed by atoms with van der Waals surface area (Å²) in [7, 11) is 0. The third-order valence-electron chi connectivity index (χ3n) is 6.75. The molecule has 1 aromatic rings. The Hall–Kier alpha value is -1.40. The van der Waals surface area contributed by atoms with Crippen LogP contribution in [-0.2, 0) is 5.41 Å². The fourth-order valence-electron chi connectivity index (χ4n) is 4.91. The summed E-state index contributed by atoms with van der Waals surface area (Å²) >= 11 is 2.24. The number of allylic oxidation sites excluding steroid dienone is 1. The van der Waals surface area contributed by atoms with Gasteiger partial charge >= 0.3 is 0 Å². The number of phenols is 2. The average molecular weight is 525 g/mol. The van der Waals surface area contributed by atoms with Gasteiger partial charge in [-0.15, -0.1) is 0 Å². The smallest absolute Gasteiger partial charge is 0.123 e. The van der Waals surface area contributed by atoms with Gasteiger partial charge in [0.2, 0.25) is 0 Å². The van der Waals surface area contributed by atoms with Crippen LogP contribution in [0.3, 0.4) is 0 Å². The zero-order chi connectivity index (χ0) is 22.3. The summed E-state index contributed by atoms with van der Waals surface area (Å²) in [4.78, 5) is 2.99. The van der Waals surface area contributed by atoms with Gasteiger partial charge in [0, 0.05) is 16.5 Å². The number of nitrogens with zero attached hydrogens (tertiary/aromatic N) is 3. The largest absolute Gasteiger partial charge is 0.508 e. The van der Waals surface area contributed by atoms with E-state index < -0.39 is 0 Å². The lowest BCUT2D eigenvalue weighted by atomic mass is 9.68. The van der Waals surface area contributed by atoms with Crippen molar-refractivity contribution in [3.8, 4) is 11.5 Å². The number of phenolic OH excluding ortho intramolecular Hbond substituents is 2. The third kappa shape index (κ3) is 6.30. The first-order valence-electron chi connectivity index (χ1n) is 11.1. The molecule has 1 aromatic carbocycles. The molecule has 0 saturated heterocycles. The molecule has 0 aliphatic heterocycles. The van der Waals surface area contributed by atoms with E-state index in [4.69, 9.17) is 5.53 Å². The van der Waals surface area contributed by atoms with E-state index in [-0.39, 0.29) is 28.9 Å². The van der Waals surface area contributed by atoms with Gasteiger partial charge in [-0.1, -0.05) is 67.9 Å². The van der Waals surface area contributed by atoms with Gasteiger partial charge < -0.3 is 10.2 Å². The summed E-state index contributed by atoms with van der Waals surface area (Å²) in [5, 5.41) is 25.9. The number of aromatic hydroxyl groups is 2. The van der Waals surface area contributed by atoms with E-state index in [1.165, 1.54) is 0 Å². The van der Waals surface area contributed by atoms with Crippen molar-refractivity contribution in [2.45, 2.75) is 90.0 Å². The van der Waals surface area contributed by atoms with Gasteiger partial charge in [0.1, 0.15) is 11.5 Å². The number of unbranched alkanes of at least 4 members (excludes halogenated alkanes) is 2. The summed E-state index contributed by atoms with van der Waals surface area (Å²) in [5.41, 5.74) is 10.3. The molecule has 1 saturated carbocycles. The van der Waals surface area contributed by atoms with Gasteiger partial charge in [0.15, 0.2) is 0 Å². The summed E-state index contributed by atoms with van der Waals surface area (Å²) in [6.07, 6.45) is 8.96. The average Bonchev–Trinajstić information content (AvgIpc) is 2.67. The summed E-state index contributed by atoms with van der Waals surface area (Å²) in [5.74, 6) is 1.10. The second-order valence-electron chi connectivity index (χ2n) is 9.61. The second-order valence-corrected chi connectivity index (χ2v) is 10.3. The molecule has 3 atom stereocenters. The van der Waals surface area contributed by atoms with E-state index in [2.05, 4.69) is 70.5 Å². The summed E-state index contributed by atoms with van der Waals surface area (Å²) in [6.45, 7) is 8.71. The topological polar surface area (TPSA) is 89.2 Å². The Kier molecular flexibility index (Phi) is 9.35. The minimum atomic E-state index is -0.126. The van der Waals surface area contributed by atoms with E-state index in [0.717, 1.165) is 44.1 Å². The molecule has 0 bridgehead atoms. The molecule has 0 radical (unpaired) electrons. The Labute approximate surface area is 194 Å². The van der Waals surface area contributed by atoms with Crippen LogP contribution in [0.5, 0.6) is 11.5 Å². The monoisotopic (exact) mass is 525 g/mol. The van der Waals surface area contributed by atoms with Crippen LogP contribution in [0.25, 0.3) is 10.4 Å². The lowest BCUT2D eigenvalue weighted by molar-refractivity contribution is 0.214. The number of rotatable bonds is 9.